The maximum absolute atomic E-state index is 10.9. The van der Waals surface area contributed by atoms with Gasteiger partial charge in [0.2, 0.25) is 6.41 Å². The van der Waals surface area contributed by atoms with Crippen LogP contribution in [0.4, 0.5) is 0 Å². The maximum atomic E-state index is 10.9. The van der Waals surface area contributed by atoms with E-state index in [1.165, 1.54) is 14.7 Å². The van der Waals surface area contributed by atoms with Crippen molar-refractivity contribution in [1.82, 2.24) is 4.90 Å². The number of carbonyl (C=O) groups is 1. The van der Waals surface area contributed by atoms with E-state index in [0.717, 1.165) is 25.8 Å². The van der Waals surface area contributed by atoms with Crippen molar-refractivity contribution in [2.24, 2.45) is 0 Å². The summed E-state index contributed by atoms with van der Waals surface area (Å²) in [5.41, 5.74) is 2.60. The Bertz CT molecular complexity index is 378. The molecule has 1 heterocycles. The Hall–Kier alpha value is -0.580. The monoisotopic (exact) mass is 315 g/mol. The smallest absolute Gasteiger partial charge is 0.210 e. The van der Waals surface area contributed by atoms with Crippen LogP contribution in [0, 0.1) is 10.5 Å². The van der Waals surface area contributed by atoms with Gasteiger partial charge in [0, 0.05) is 10.1 Å². The van der Waals surface area contributed by atoms with E-state index in [0.29, 0.717) is 6.04 Å². The highest BCUT2D eigenvalue weighted by Gasteiger charge is 2.26. The molecule has 15 heavy (non-hydrogen) atoms. The molecule has 1 amide bonds. The Labute approximate surface area is 104 Å². The zero-order valence-corrected chi connectivity index (χ0v) is 10.9. The fraction of sp³-hybridized carbons (Fsp3) is 0.417. The number of rotatable bonds is 2. The second-order valence-corrected chi connectivity index (χ2v) is 5.06. The molecule has 1 atom stereocenters. The van der Waals surface area contributed by atoms with Gasteiger partial charge in [0.05, 0.1) is 6.04 Å². The summed E-state index contributed by atoms with van der Waals surface area (Å²) in [6.07, 6.45) is 3.20. The van der Waals surface area contributed by atoms with Crippen molar-refractivity contribution in [2.45, 2.75) is 25.8 Å². The molecule has 0 aliphatic carbocycles. The molecule has 0 saturated carbocycles. The molecule has 1 aromatic rings. The molecule has 1 aromatic carbocycles. The summed E-state index contributed by atoms with van der Waals surface area (Å²) in [4.78, 5) is 12.8. The minimum atomic E-state index is 0.300. The van der Waals surface area contributed by atoms with Crippen molar-refractivity contribution >= 4 is 29.0 Å². The molecule has 1 fully saturated rings. The van der Waals surface area contributed by atoms with Gasteiger partial charge in [-0.1, -0.05) is 18.2 Å². The van der Waals surface area contributed by atoms with Crippen LogP contribution >= 0.6 is 22.6 Å². The maximum Gasteiger partial charge on any atom is 0.210 e. The predicted molar refractivity (Wildman–Crippen MR) is 68.6 cm³/mol. The number of hydrogen-bond donors (Lipinski definition) is 0. The normalized spacial score (nSPS) is 20.7. The third-order valence-corrected chi connectivity index (χ3v) is 4.48. The van der Waals surface area contributed by atoms with Gasteiger partial charge in [0.15, 0.2) is 0 Å². The van der Waals surface area contributed by atoms with Gasteiger partial charge in [0.25, 0.3) is 0 Å². The van der Waals surface area contributed by atoms with Gasteiger partial charge in [-0.25, -0.2) is 0 Å². The topological polar surface area (TPSA) is 20.3 Å². The average molecular weight is 315 g/mol. The summed E-state index contributed by atoms with van der Waals surface area (Å²) in [5, 5.41) is 0. The van der Waals surface area contributed by atoms with Gasteiger partial charge >= 0.3 is 0 Å². The van der Waals surface area contributed by atoms with E-state index >= 15 is 0 Å². The van der Waals surface area contributed by atoms with Crippen LogP contribution in [0.15, 0.2) is 18.2 Å². The second-order valence-electron chi connectivity index (χ2n) is 3.98. The van der Waals surface area contributed by atoms with E-state index in [9.17, 15) is 4.79 Å². The highest BCUT2D eigenvalue weighted by molar-refractivity contribution is 14.1. The molecule has 3 heteroatoms. The van der Waals surface area contributed by atoms with Crippen molar-refractivity contribution in [1.29, 1.82) is 0 Å². The third-order valence-electron chi connectivity index (χ3n) is 3.01. The van der Waals surface area contributed by atoms with Crippen molar-refractivity contribution in [2.75, 3.05) is 6.54 Å². The zero-order valence-electron chi connectivity index (χ0n) is 8.74. The number of hydrogen-bond acceptors (Lipinski definition) is 1. The first-order valence-corrected chi connectivity index (χ1v) is 6.28. The highest BCUT2D eigenvalue weighted by atomic mass is 127. The molecule has 0 unspecified atom stereocenters. The van der Waals surface area contributed by atoms with Crippen LogP contribution < -0.4 is 0 Å². The van der Waals surface area contributed by atoms with Crippen LogP contribution in [-0.2, 0) is 4.79 Å². The summed E-state index contributed by atoms with van der Waals surface area (Å²) in [7, 11) is 0. The lowest BCUT2D eigenvalue weighted by Crippen LogP contribution is -2.21. The van der Waals surface area contributed by atoms with Crippen molar-refractivity contribution in [3.63, 3.8) is 0 Å². The number of amides is 1. The summed E-state index contributed by atoms with van der Waals surface area (Å²) >= 11 is 2.38. The molecule has 2 rings (SSSR count). The van der Waals surface area contributed by atoms with E-state index < -0.39 is 0 Å². The SMILES string of the molecule is Cc1cccc([C@@H]2CCCN2C=O)c1I. The van der Waals surface area contributed by atoms with Gasteiger partial charge in [-0.05, 0) is 53.5 Å². The lowest BCUT2D eigenvalue weighted by atomic mass is 10.0. The number of carbonyl (C=O) groups excluding carboxylic acids is 1. The van der Waals surface area contributed by atoms with E-state index in [2.05, 4.69) is 47.7 Å². The minimum absolute atomic E-state index is 0.300. The number of likely N-dealkylation sites (tertiary alicyclic amines) is 1. The third kappa shape index (κ3) is 2.02. The summed E-state index contributed by atoms with van der Waals surface area (Å²) in [5.74, 6) is 0. The molecule has 1 aliphatic rings. The van der Waals surface area contributed by atoms with Crippen LogP contribution in [-0.4, -0.2) is 17.9 Å². The molecule has 0 bridgehead atoms. The zero-order chi connectivity index (χ0) is 10.8. The molecule has 2 nitrogen and oxygen atoms in total. The van der Waals surface area contributed by atoms with Crippen LogP contribution in [0.2, 0.25) is 0 Å². The van der Waals surface area contributed by atoms with Crippen LogP contribution in [0.1, 0.15) is 30.0 Å². The molecule has 0 spiro atoms. The van der Waals surface area contributed by atoms with Crippen LogP contribution in [0.3, 0.4) is 0 Å². The molecule has 1 aliphatic heterocycles. The largest absolute Gasteiger partial charge is 0.338 e. The quantitative estimate of drug-likeness (QED) is 0.607. The van der Waals surface area contributed by atoms with Gasteiger partial charge < -0.3 is 4.90 Å². The summed E-state index contributed by atoms with van der Waals surface area (Å²) in [6.45, 7) is 3.02. The molecule has 0 aromatic heterocycles. The van der Waals surface area contributed by atoms with E-state index in [1.807, 2.05) is 4.90 Å². The fourth-order valence-electron chi connectivity index (χ4n) is 2.18. The van der Waals surface area contributed by atoms with Gasteiger partial charge in [-0.15, -0.1) is 0 Å². The summed E-state index contributed by atoms with van der Waals surface area (Å²) < 4.78 is 1.30. The minimum Gasteiger partial charge on any atom is -0.338 e. The van der Waals surface area contributed by atoms with Gasteiger partial charge in [-0.3, -0.25) is 4.79 Å². The molecule has 1 saturated heterocycles. The molecule has 80 valence electrons. The highest BCUT2D eigenvalue weighted by Crippen LogP contribution is 2.34. The lowest BCUT2D eigenvalue weighted by Gasteiger charge is -2.22. The Morgan fingerprint density at radius 3 is 3.07 bits per heavy atom. The van der Waals surface area contributed by atoms with Crippen molar-refractivity contribution in [3.8, 4) is 0 Å². The second kappa shape index (κ2) is 4.51. The molecular weight excluding hydrogens is 301 g/mol. The van der Waals surface area contributed by atoms with E-state index in [4.69, 9.17) is 0 Å². The molecule has 0 N–H and O–H groups in total. The standard InChI is InChI=1S/C12H14INO/c1-9-4-2-5-10(12(9)13)11-6-3-7-14(11)8-15/h2,4-5,8,11H,3,6-7H2,1H3/t11-/m0/s1. The molecular formula is C12H14INO. The average Bonchev–Trinajstić information content (AvgIpc) is 2.70. The van der Waals surface area contributed by atoms with Gasteiger partial charge in [-0.2, -0.15) is 0 Å². The number of aryl methyl sites for hydroxylation is 1. The number of nitrogens with zero attached hydrogens (tertiary/aromatic N) is 1. The van der Waals surface area contributed by atoms with E-state index in [1.54, 1.807) is 0 Å². The van der Waals surface area contributed by atoms with E-state index in [-0.39, 0.29) is 0 Å². The van der Waals surface area contributed by atoms with Crippen molar-refractivity contribution in [3.05, 3.63) is 32.9 Å². The van der Waals surface area contributed by atoms with Gasteiger partial charge in [0.1, 0.15) is 0 Å². The Kier molecular flexibility index (Phi) is 3.29. The first kappa shape index (κ1) is 10.9. The first-order chi connectivity index (χ1) is 7.24. The first-order valence-electron chi connectivity index (χ1n) is 5.20. The van der Waals surface area contributed by atoms with Crippen molar-refractivity contribution < 1.29 is 4.79 Å². The van der Waals surface area contributed by atoms with Crippen LogP contribution in [0.5, 0.6) is 0 Å². The Morgan fingerprint density at radius 1 is 1.53 bits per heavy atom. The lowest BCUT2D eigenvalue weighted by molar-refractivity contribution is -0.118. The van der Waals surface area contributed by atoms with Crippen LogP contribution in [0.25, 0.3) is 0 Å². The number of halogens is 1. The summed E-state index contributed by atoms with van der Waals surface area (Å²) in [6, 6.07) is 6.63. The fourth-order valence-corrected chi connectivity index (χ4v) is 2.90. The Balaban J connectivity index is 2.36. The Morgan fingerprint density at radius 2 is 2.33 bits per heavy atom. The number of benzene rings is 1. The molecule has 0 radical (unpaired) electrons. The predicted octanol–water partition coefficient (Wildman–Crippen LogP) is 2.89.